The average molecular weight is 478 g/mol. The first-order valence-corrected chi connectivity index (χ1v) is 11.3. The molecule has 0 spiro atoms. The van der Waals surface area contributed by atoms with E-state index in [1.54, 1.807) is 72.7 Å². The third-order valence-corrected chi connectivity index (χ3v) is 5.06. The van der Waals surface area contributed by atoms with Crippen molar-refractivity contribution in [3.63, 3.8) is 0 Å². The molecule has 0 bridgehead atoms. The summed E-state index contributed by atoms with van der Waals surface area (Å²) in [5.74, 6) is -0.0328. The number of aromatic nitrogens is 1. The third-order valence-electron chi connectivity index (χ3n) is 4.73. The first-order valence-electron chi connectivity index (χ1n) is 10.9. The Balaban J connectivity index is 1.79. The Kier molecular flexibility index (Phi) is 8.70. The number of nitrogens with zero attached hydrogens (tertiary/aromatic N) is 2. The van der Waals surface area contributed by atoms with Gasteiger partial charge in [0.2, 0.25) is 0 Å². The molecule has 0 saturated heterocycles. The predicted octanol–water partition coefficient (Wildman–Crippen LogP) is 4.77. The summed E-state index contributed by atoms with van der Waals surface area (Å²) in [5.41, 5.74) is 2.57. The maximum atomic E-state index is 12.9. The minimum absolute atomic E-state index is 0.0456. The molecule has 0 aliphatic carbocycles. The molecule has 2 aromatic carbocycles. The Bertz CT molecular complexity index is 1120. The Morgan fingerprint density at radius 3 is 2.18 bits per heavy atom. The highest BCUT2D eigenvalue weighted by Gasteiger charge is 2.17. The van der Waals surface area contributed by atoms with E-state index in [0.717, 1.165) is 11.3 Å². The van der Waals surface area contributed by atoms with Crippen molar-refractivity contribution in [2.24, 2.45) is 0 Å². The van der Waals surface area contributed by atoms with Gasteiger partial charge in [-0.3, -0.25) is 15.1 Å². The lowest BCUT2D eigenvalue weighted by molar-refractivity contribution is 0.0526. The number of hydrogen-bond donors (Lipinski definition) is 1. The molecule has 0 atom stereocenters. The molecule has 1 heterocycles. The van der Waals surface area contributed by atoms with Crippen LogP contribution in [0.15, 0.2) is 73.1 Å². The molecule has 0 saturated carbocycles. The van der Waals surface area contributed by atoms with Crippen molar-refractivity contribution >= 4 is 34.9 Å². The number of benzene rings is 2. The van der Waals surface area contributed by atoms with Gasteiger partial charge in [0, 0.05) is 23.6 Å². The minimum Gasteiger partial charge on any atom is -0.491 e. The lowest BCUT2D eigenvalue weighted by Crippen LogP contribution is -2.42. The van der Waals surface area contributed by atoms with Crippen LogP contribution in [0.5, 0.6) is 5.75 Å². The number of pyridine rings is 1. The fourth-order valence-electron chi connectivity index (χ4n) is 3.14. The van der Waals surface area contributed by atoms with Crippen LogP contribution in [-0.2, 0) is 11.3 Å². The van der Waals surface area contributed by atoms with Gasteiger partial charge in [-0.15, -0.1) is 0 Å². The summed E-state index contributed by atoms with van der Waals surface area (Å²) in [7, 11) is 0. The summed E-state index contributed by atoms with van der Waals surface area (Å²) < 4.78 is 10.7. The average Bonchev–Trinajstić information content (AvgIpc) is 2.83. The molecule has 8 heteroatoms. The summed E-state index contributed by atoms with van der Waals surface area (Å²) in [6.45, 7) is 6.34. The molecular weight excluding hydrogens is 450 g/mol. The second-order valence-electron chi connectivity index (χ2n) is 7.66. The van der Waals surface area contributed by atoms with E-state index in [-0.39, 0.29) is 17.1 Å². The summed E-state index contributed by atoms with van der Waals surface area (Å²) >= 11 is 5.60. The normalized spacial score (nSPS) is 10.5. The third kappa shape index (κ3) is 6.86. The number of anilines is 1. The van der Waals surface area contributed by atoms with Gasteiger partial charge in [0.25, 0.3) is 5.91 Å². The van der Waals surface area contributed by atoms with Gasteiger partial charge in [0.15, 0.2) is 5.11 Å². The molecule has 3 rings (SSSR count). The largest absolute Gasteiger partial charge is 0.491 e. The second-order valence-corrected chi connectivity index (χ2v) is 8.05. The molecule has 1 N–H and O–H groups in total. The maximum Gasteiger partial charge on any atom is 0.338 e. The van der Waals surface area contributed by atoms with E-state index in [1.165, 1.54) is 0 Å². The van der Waals surface area contributed by atoms with Crippen LogP contribution in [0.3, 0.4) is 0 Å². The van der Waals surface area contributed by atoms with Gasteiger partial charge >= 0.3 is 5.97 Å². The van der Waals surface area contributed by atoms with Crippen molar-refractivity contribution < 1.29 is 19.1 Å². The first kappa shape index (κ1) is 24.9. The molecule has 176 valence electrons. The van der Waals surface area contributed by atoms with Crippen LogP contribution in [0.25, 0.3) is 0 Å². The first-order chi connectivity index (χ1) is 16.4. The quantitative estimate of drug-likeness (QED) is 0.370. The number of carbonyl (C=O) groups excluding carboxylic acids is 2. The standard InChI is InChI=1S/C26H27N3O4S/c1-4-32-25(31)21-5-9-22(10-6-21)29(17-19-13-15-27-16-14-19)26(34)28-24(30)20-7-11-23(12-8-20)33-18(2)3/h5-16,18H,4,17H2,1-3H3,(H,28,30,34). The smallest absolute Gasteiger partial charge is 0.338 e. The molecular formula is C26H27N3O4S. The minimum atomic E-state index is -0.393. The second kappa shape index (κ2) is 11.9. The fourth-order valence-corrected chi connectivity index (χ4v) is 3.40. The van der Waals surface area contributed by atoms with Gasteiger partial charge in [0.1, 0.15) is 5.75 Å². The van der Waals surface area contributed by atoms with Crippen molar-refractivity contribution in [3.8, 4) is 5.75 Å². The van der Waals surface area contributed by atoms with Crippen LogP contribution < -0.4 is 15.0 Å². The molecule has 1 amide bonds. The molecule has 7 nitrogen and oxygen atoms in total. The van der Waals surface area contributed by atoms with E-state index in [1.807, 2.05) is 26.0 Å². The Morgan fingerprint density at radius 2 is 1.59 bits per heavy atom. The van der Waals surface area contributed by atoms with Crippen LogP contribution >= 0.6 is 12.2 Å². The van der Waals surface area contributed by atoms with Crippen LogP contribution in [0, 0.1) is 0 Å². The maximum absolute atomic E-state index is 12.9. The number of rotatable bonds is 8. The zero-order valence-corrected chi connectivity index (χ0v) is 20.2. The number of ether oxygens (including phenoxy) is 2. The molecule has 0 radical (unpaired) electrons. The van der Waals surface area contributed by atoms with Crippen molar-refractivity contribution in [3.05, 3.63) is 89.7 Å². The van der Waals surface area contributed by atoms with Gasteiger partial charge in [0.05, 0.1) is 24.8 Å². The van der Waals surface area contributed by atoms with Crippen LogP contribution in [0.2, 0.25) is 0 Å². The molecule has 1 aromatic heterocycles. The fraction of sp³-hybridized carbons (Fsp3) is 0.231. The molecule has 3 aromatic rings. The van der Waals surface area contributed by atoms with Crippen LogP contribution in [0.1, 0.15) is 47.1 Å². The topological polar surface area (TPSA) is 80.8 Å². The molecule has 34 heavy (non-hydrogen) atoms. The van der Waals surface area contributed by atoms with E-state index in [2.05, 4.69) is 10.3 Å². The van der Waals surface area contributed by atoms with Gasteiger partial charge in [-0.25, -0.2) is 4.79 Å². The van der Waals surface area contributed by atoms with Crippen molar-refractivity contribution in [1.29, 1.82) is 0 Å². The zero-order valence-electron chi connectivity index (χ0n) is 19.4. The highest BCUT2D eigenvalue weighted by atomic mass is 32.1. The molecule has 0 aliphatic heterocycles. The molecule has 0 fully saturated rings. The summed E-state index contributed by atoms with van der Waals surface area (Å²) in [4.78, 5) is 30.7. The van der Waals surface area contributed by atoms with Gasteiger partial charge in [-0.05, 0) is 99.2 Å². The zero-order chi connectivity index (χ0) is 24.5. The Hall–Kier alpha value is -3.78. The Morgan fingerprint density at radius 1 is 0.971 bits per heavy atom. The number of carbonyl (C=O) groups is 2. The van der Waals surface area contributed by atoms with Crippen LogP contribution in [0.4, 0.5) is 5.69 Å². The number of esters is 1. The predicted molar refractivity (Wildman–Crippen MR) is 135 cm³/mol. The Labute approximate surface area is 204 Å². The van der Waals surface area contributed by atoms with Gasteiger partial charge in [-0.2, -0.15) is 0 Å². The summed E-state index contributed by atoms with van der Waals surface area (Å²) in [6, 6.07) is 17.5. The molecule has 0 aliphatic rings. The van der Waals surface area contributed by atoms with E-state index < -0.39 is 5.97 Å². The SMILES string of the molecule is CCOC(=O)c1ccc(N(Cc2ccncc2)C(=S)NC(=O)c2ccc(OC(C)C)cc2)cc1. The highest BCUT2D eigenvalue weighted by molar-refractivity contribution is 7.80. The number of amides is 1. The van der Waals surface area contributed by atoms with Gasteiger partial charge < -0.3 is 14.4 Å². The monoisotopic (exact) mass is 477 g/mol. The summed E-state index contributed by atoms with van der Waals surface area (Å²) in [5, 5.41) is 3.03. The highest BCUT2D eigenvalue weighted by Crippen LogP contribution is 2.20. The van der Waals surface area contributed by atoms with E-state index in [4.69, 9.17) is 21.7 Å². The van der Waals surface area contributed by atoms with Crippen LogP contribution in [-0.4, -0.2) is 34.7 Å². The van der Waals surface area contributed by atoms with E-state index in [0.29, 0.717) is 30.0 Å². The van der Waals surface area contributed by atoms with Crippen molar-refractivity contribution in [2.45, 2.75) is 33.4 Å². The lowest BCUT2D eigenvalue weighted by atomic mass is 10.1. The number of hydrogen-bond acceptors (Lipinski definition) is 6. The lowest BCUT2D eigenvalue weighted by Gasteiger charge is -2.26. The molecule has 0 unspecified atom stereocenters. The summed E-state index contributed by atoms with van der Waals surface area (Å²) in [6.07, 6.45) is 3.43. The van der Waals surface area contributed by atoms with E-state index in [9.17, 15) is 9.59 Å². The van der Waals surface area contributed by atoms with Gasteiger partial charge in [-0.1, -0.05) is 0 Å². The van der Waals surface area contributed by atoms with E-state index >= 15 is 0 Å². The van der Waals surface area contributed by atoms with Crippen molar-refractivity contribution in [1.82, 2.24) is 10.3 Å². The number of nitrogens with one attached hydrogen (secondary N) is 1. The number of thiocarbonyl (C=S) groups is 1. The van der Waals surface area contributed by atoms with Crippen molar-refractivity contribution in [2.75, 3.05) is 11.5 Å².